The van der Waals surface area contributed by atoms with Crippen LogP contribution in [-0.4, -0.2) is 50.8 Å². The molecule has 214 valence electrons. The van der Waals surface area contributed by atoms with Crippen LogP contribution in [-0.2, 0) is 9.53 Å². The summed E-state index contributed by atoms with van der Waals surface area (Å²) in [5.41, 5.74) is 1.66. The fourth-order valence-electron chi connectivity index (χ4n) is 4.68. The molecule has 1 saturated heterocycles. The maximum atomic E-state index is 13.5. The van der Waals surface area contributed by atoms with Gasteiger partial charge in [-0.25, -0.2) is 4.98 Å². The number of anilines is 1. The molecule has 0 spiro atoms. The zero-order valence-electron chi connectivity index (χ0n) is 23.8. The van der Waals surface area contributed by atoms with Gasteiger partial charge in [0.15, 0.2) is 0 Å². The van der Waals surface area contributed by atoms with Crippen LogP contribution in [0.1, 0.15) is 95.6 Å². The Morgan fingerprint density at radius 2 is 1.72 bits per heavy atom. The number of aromatic nitrogens is 2. The maximum Gasteiger partial charge on any atom is 0.267 e. The van der Waals surface area contributed by atoms with E-state index in [-0.39, 0.29) is 11.5 Å². The van der Waals surface area contributed by atoms with Crippen molar-refractivity contribution < 1.29 is 9.53 Å². The second-order valence-electron chi connectivity index (χ2n) is 10.1. The minimum absolute atomic E-state index is 0.128. The molecule has 2 aromatic rings. The minimum atomic E-state index is -0.212. The summed E-state index contributed by atoms with van der Waals surface area (Å²) in [4.78, 5) is 33.7. The van der Waals surface area contributed by atoms with Crippen molar-refractivity contribution in [2.45, 2.75) is 91.4 Å². The summed E-state index contributed by atoms with van der Waals surface area (Å²) in [6.45, 7) is 8.66. The van der Waals surface area contributed by atoms with Crippen molar-refractivity contribution in [3.8, 4) is 0 Å². The molecule has 3 rings (SSSR count). The normalized spacial score (nSPS) is 14.7. The third-order valence-electron chi connectivity index (χ3n) is 6.93. The number of carbonyl (C=O) groups excluding carboxylic acids is 1. The number of thioether (sulfide) groups is 1. The van der Waals surface area contributed by atoms with E-state index >= 15 is 0 Å². The van der Waals surface area contributed by atoms with E-state index in [0.29, 0.717) is 52.6 Å². The van der Waals surface area contributed by atoms with Crippen LogP contribution in [0.3, 0.4) is 0 Å². The first-order valence-corrected chi connectivity index (χ1v) is 15.8. The lowest BCUT2D eigenvalue weighted by Gasteiger charge is -2.14. The highest BCUT2D eigenvalue weighted by Crippen LogP contribution is 2.33. The summed E-state index contributed by atoms with van der Waals surface area (Å²) in [5, 5.41) is 3.30. The molecule has 2 aromatic heterocycles. The van der Waals surface area contributed by atoms with Gasteiger partial charge in [0, 0.05) is 32.5 Å². The number of carbonyl (C=O) groups is 1. The van der Waals surface area contributed by atoms with Gasteiger partial charge in [-0.3, -0.25) is 18.9 Å². The summed E-state index contributed by atoms with van der Waals surface area (Å²) in [5.74, 6) is 0.350. The number of thiocarbonyl (C=S) groups is 1. The van der Waals surface area contributed by atoms with Gasteiger partial charge >= 0.3 is 0 Å². The zero-order valence-corrected chi connectivity index (χ0v) is 25.4. The number of aryl methyl sites for hydroxylation is 1. The predicted molar refractivity (Wildman–Crippen MR) is 168 cm³/mol. The third-order valence-corrected chi connectivity index (χ3v) is 8.31. The van der Waals surface area contributed by atoms with Crippen LogP contribution in [0.2, 0.25) is 0 Å². The van der Waals surface area contributed by atoms with Gasteiger partial charge in [-0.2, -0.15) is 0 Å². The minimum Gasteiger partial charge on any atom is -0.382 e. The number of fused-ring (bicyclic) bond motifs is 1. The number of rotatable bonds is 18. The Labute approximate surface area is 242 Å². The van der Waals surface area contributed by atoms with Gasteiger partial charge in [-0.1, -0.05) is 94.8 Å². The molecule has 0 atom stereocenters. The number of amides is 1. The second-order valence-corrected chi connectivity index (χ2v) is 11.7. The number of unbranched alkanes of at least 4 members (excludes halogenated alkanes) is 9. The highest BCUT2D eigenvalue weighted by atomic mass is 32.2. The van der Waals surface area contributed by atoms with Crippen LogP contribution >= 0.6 is 24.0 Å². The molecular formula is C30H44N4O3S2. The molecule has 9 heteroatoms. The lowest BCUT2D eigenvalue weighted by molar-refractivity contribution is -0.122. The first kappa shape index (κ1) is 31.3. The largest absolute Gasteiger partial charge is 0.382 e. The molecule has 0 radical (unpaired) electrons. The quantitative estimate of drug-likeness (QED) is 0.118. The molecule has 0 saturated carbocycles. The van der Waals surface area contributed by atoms with Crippen molar-refractivity contribution in [1.29, 1.82) is 0 Å². The van der Waals surface area contributed by atoms with Crippen molar-refractivity contribution in [3.05, 3.63) is 44.7 Å². The van der Waals surface area contributed by atoms with Gasteiger partial charge in [-0.05, 0) is 44.4 Å². The van der Waals surface area contributed by atoms with E-state index in [2.05, 4.69) is 12.2 Å². The predicted octanol–water partition coefficient (Wildman–Crippen LogP) is 6.96. The van der Waals surface area contributed by atoms with E-state index in [9.17, 15) is 9.59 Å². The average molecular weight is 573 g/mol. The lowest BCUT2D eigenvalue weighted by Crippen LogP contribution is -2.29. The van der Waals surface area contributed by atoms with Crippen LogP contribution in [0.15, 0.2) is 28.0 Å². The van der Waals surface area contributed by atoms with Crippen molar-refractivity contribution >= 4 is 51.7 Å². The first-order chi connectivity index (χ1) is 19.0. The van der Waals surface area contributed by atoms with Crippen LogP contribution in [0.4, 0.5) is 5.82 Å². The topological polar surface area (TPSA) is 75.9 Å². The molecule has 1 amide bonds. The zero-order chi connectivity index (χ0) is 28.0. The smallest absolute Gasteiger partial charge is 0.267 e. The van der Waals surface area contributed by atoms with Crippen molar-refractivity contribution in [1.82, 2.24) is 14.3 Å². The molecule has 7 nitrogen and oxygen atoms in total. The van der Waals surface area contributed by atoms with Crippen molar-refractivity contribution in [2.75, 3.05) is 31.6 Å². The Kier molecular flexibility index (Phi) is 13.5. The lowest BCUT2D eigenvalue weighted by atomic mass is 10.1. The molecule has 1 fully saturated rings. The molecular weight excluding hydrogens is 528 g/mol. The Balaban J connectivity index is 1.65. The number of hydrogen-bond acceptors (Lipinski definition) is 7. The standard InChI is InChI=1S/C30H44N4O3S2/c1-4-6-7-8-9-10-11-12-13-14-19-34-29(36)25(39-30(34)38)22-24-26(31-18-16-21-37-5-2)32-27-23(3)17-15-20-33(27)28(24)35/h15,17,20,22,31H,4-14,16,18-19,21H2,1-3H3. The number of pyridine rings is 1. The van der Waals surface area contributed by atoms with E-state index in [1.807, 2.05) is 26.0 Å². The van der Waals surface area contributed by atoms with Gasteiger partial charge in [-0.15, -0.1) is 0 Å². The van der Waals surface area contributed by atoms with Crippen molar-refractivity contribution in [2.24, 2.45) is 0 Å². The van der Waals surface area contributed by atoms with Gasteiger partial charge in [0.05, 0.1) is 10.5 Å². The molecule has 0 aromatic carbocycles. The first-order valence-electron chi connectivity index (χ1n) is 14.6. The Morgan fingerprint density at radius 1 is 1.03 bits per heavy atom. The fourth-order valence-corrected chi connectivity index (χ4v) is 5.97. The summed E-state index contributed by atoms with van der Waals surface area (Å²) in [7, 11) is 0. The third kappa shape index (κ3) is 9.15. The van der Waals surface area contributed by atoms with Crippen LogP contribution in [0.5, 0.6) is 0 Å². The summed E-state index contributed by atoms with van der Waals surface area (Å²) in [6.07, 6.45) is 16.6. The average Bonchev–Trinajstić information content (AvgIpc) is 3.19. The molecule has 0 unspecified atom stereocenters. The molecule has 3 heterocycles. The fraction of sp³-hybridized carbons (Fsp3) is 0.600. The molecule has 39 heavy (non-hydrogen) atoms. The second kappa shape index (κ2) is 16.8. The van der Waals surface area contributed by atoms with E-state index in [4.69, 9.17) is 21.9 Å². The summed E-state index contributed by atoms with van der Waals surface area (Å²) < 4.78 is 7.52. The summed E-state index contributed by atoms with van der Waals surface area (Å²) >= 11 is 6.81. The van der Waals surface area contributed by atoms with Crippen LogP contribution in [0, 0.1) is 6.92 Å². The van der Waals surface area contributed by atoms with Gasteiger partial charge < -0.3 is 10.1 Å². The highest BCUT2D eigenvalue weighted by Gasteiger charge is 2.32. The van der Waals surface area contributed by atoms with Gasteiger partial charge in [0.2, 0.25) is 0 Å². The summed E-state index contributed by atoms with van der Waals surface area (Å²) in [6, 6.07) is 3.76. The molecule has 1 aliphatic heterocycles. The number of nitrogens with zero attached hydrogens (tertiary/aromatic N) is 3. The maximum absolute atomic E-state index is 13.5. The van der Waals surface area contributed by atoms with Gasteiger partial charge in [0.1, 0.15) is 15.8 Å². The Morgan fingerprint density at radius 3 is 2.41 bits per heavy atom. The van der Waals surface area contributed by atoms with Crippen LogP contribution < -0.4 is 10.9 Å². The number of nitrogens with one attached hydrogen (secondary N) is 1. The molecule has 0 bridgehead atoms. The number of ether oxygens (including phenoxy) is 1. The SMILES string of the molecule is CCCCCCCCCCCCN1C(=O)C(=Cc2c(NCCCOCC)nc3c(C)cccn3c2=O)SC1=S. The van der Waals surface area contributed by atoms with Crippen molar-refractivity contribution in [3.63, 3.8) is 0 Å². The van der Waals surface area contributed by atoms with E-state index in [0.717, 1.165) is 24.8 Å². The number of hydrogen-bond donors (Lipinski definition) is 1. The molecule has 1 N–H and O–H groups in total. The monoisotopic (exact) mass is 572 g/mol. The van der Waals surface area contributed by atoms with E-state index < -0.39 is 0 Å². The van der Waals surface area contributed by atoms with E-state index in [1.165, 1.54) is 67.5 Å². The van der Waals surface area contributed by atoms with Gasteiger partial charge in [0.25, 0.3) is 11.5 Å². The Hall–Kier alpha value is -2.23. The highest BCUT2D eigenvalue weighted by molar-refractivity contribution is 8.26. The van der Waals surface area contributed by atoms with E-state index in [1.54, 1.807) is 17.2 Å². The van der Waals surface area contributed by atoms with Crippen LogP contribution in [0.25, 0.3) is 11.7 Å². The molecule has 1 aliphatic rings. The molecule has 0 aliphatic carbocycles. The Bertz CT molecular complexity index is 1190.